The molecule has 1 heterocycles. The van der Waals surface area contributed by atoms with Crippen LogP contribution in [0, 0.1) is 0 Å². The molecule has 1 aliphatic heterocycles. The highest BCUT2D eigenvalue weighted by atomic mass is 32.2. The number of fused-ring (bicyclic) bond motifs is 1. The Morgan fingerprint density at radius 1 is 1.19 bits per heavy atom. The van der Waals surface area contributed by atoms with E-state index in [-0.39, 0.29) is 5.25 Å². The van der Waals surface area contributed by atoms with Crippen molar-refractivity contribution in [3.63, 3.8) is 0 Å². The van der Waals surface area contributed by atoms with Crippen LogP contribution in [0.25, 0.3) is 0 Å². The van der Waals surface area contributed by atoms with Gasteiger partial charge in [-0.15, -0.1) is 0 Å². The Bertz CT molecular complexity index is 671. The summed E-state index contributed by atoms with van der Waals surface area (Å²) < 4.78 is 23.0. The van der Waals surface area contributed by atoms with Crippen LogP contribution in [-0.2, 0) is 22.0 Å². The lowest BCUT2D eigenvalue weighted by Gasteiger charge is -2.12. The summed E-state index contributed by atoms with van der Waals surface area (Å²) in [5, 5.41) is 8.47. The van der Waals surface area contributed by atoms with E-state index in [0.717, 1.165) is 35.8 Å². The van der Waals surface area contributed by atoms with Gasteiger partial charge in [0.25, 0.3) is 0 Å². The number of hydrogen-bond donors (Lipinski definition) is 2. The van der Waals surface area contributed by atoms with Crippen LogP contribution >= 0.6 is 11.8 Å². The third kappa shape index (κ3) is 11.8. The molecule has 31 heavy (non-hydrogen) atoms. The lowest BCUT2D eigenvalue weighted by Crippen LogP contribution is -2.30. The second-order valence-corrected chi connectivity index (χ2v) is 10.7. The fourth-order valence-corrected chi connectivity index (χ4v) is 4.85. The van der Waals surface area contributed by atoms with Crippen LogP contribution in [0.5, 0.6) is 11.5 Å². The van der Waals surface area contributed by atoms with Crippen molar-refractivity contribution in [2.24, 2.45) is 5.73 Å². The molecule has 3 atom stereocenters. The molecular formula is C23H39NO5S2. The molecule has 3 N–H and O–H groups in total. The average molecular weight is 474 g/mol. The Balaban J connectivity index is 0.000000452. The van der Waals surface area contributed by atoms with Crippen LogP contribution in [0.15, 0.2) is 18.2 Å². The van der Waals surface area contributed by atoms with E-state index in [2.05, 4.69) is 13.8 Å². The lowest BCUT2D eigenvalue weighted by molar-refractivity contribution is -0.138. The molecule has 0 saturated carbocycles. The van der Waals surface area contributed by atoms with Crippen molar-refractivity contribution in [2.45, 2.75) is 76.5 Å². The number of unbranched alkanes of at least 4 members (excludes halogenated alkanes) is 5. The Kier molecular flexibility index (Phi) is 14.7. The minimum atomic E-state index is -0.913. The van der Waals surface area contributed by atoms with E-state index in [1.807, 2.05) is 24.5 Å². The number of benzene rings is 1. The minimum Gasteiger partial charge on any atom is -0.480 e. The quantitative estimate of drug-likeness (QED) is 0.381. The van der Waals surface area contributed by atoms with Crippen molar-refractivity contribution in [3.05, 3.63) is 23.8 Å². The largest absolute Gasteiger partial charge is 0.480 e. The number of carboxylic acid groups (broad SMARTS) is 1. The fourth-order valence-electron chi connectivity index (χ4n) is 3.09. The molecule has 2 unspecified atom stereocenters. The highest BCUT2D eigenvalue weighted by molar-refractivity contribution is 7.98. The first-order valence-corrected chi connectivity index (χ1v) is 13.9. The molecule has 1 aromatic carbocycles. The number of carbonyl (C=O) groups is 1. The standard InChI is InChI=1S/C18H28O3S.C5H11NO2S/c1-3-4-5-6-7-8-11-22(19)15(2)12-16-9-10-17-18(13-16)21-14-20-17;1-9-3-2-4(6)5(7)8/h9-10,13,15H,3-8,11-12,14H2,1-2H3;4H,2-3,6H2,1H3,(H,7,8)/t;4-/m.1/s1. The first kappa shape index (κ1) is 27.8. The highest BCUT2D eigenvalue weighted by Gasteiger charge is 2.16. The van der Waals surface area contributed by atoms with Gasteiger partial charge in [-0.05, 0) is 49.0 Å². The highest BCUT2D eigenvalue weighted by Crippen LogP contribution is 2.33. The Labute approximate surface area is 194 Å². The molecule has 0 aromatic heterocycles. The third-order valence-electron chi connectivity index (χ3n) is 5.06. The molecule has 178 valence electrons. The minimum absolute atomic E-state index is 0.191. The van der Waals surface area contributed by atoms with Crippen molar-refractivity contribution >= 4 is 28.5 Å². The van der Waals surface area contributed by atoms with Crippen molar-refractivity contribution in [1.29, 1.82) is 0 Å². The van der Waals surface area contributed by atoms with Gasteiger partial charge in [0.05, 0.1) is 0 Å². The van der Waals surface area contributed by atoms with Crippen molar-refractivity contribution in [3.8, 4) is 11.5 Å². The van der Waals surface area contributed by atoms with Gasteiger partial charge in [-0.1, -0.05) is 52.0 Å². The van der Waals surface area contributed by atoms with Gasteiger partial charge in [-0.2, -0.15) is 11.8 Å². The SMILES string of the molecule is CCCCCCCCS(=O)C(C)Cc1ccc2c(c1)OCO2.CSCC[C@@H](N)C(=O)O. The number of ether oxygens (including phenoxy) is 2. The second kappa shape index (κ2) is 16.4. The van der Waals surface area contributed by atoms with E-state index in [0.29, 0.717) is 13.2 Å². The zero-order valence-corrected chi connectivity index (χ0v) is 20.8. The molecule has 0 amide bonds. The lowest BCUT2D eigenvalue weighted by atomic mass is 10.1. The van der Waals surface area contributed by atoms with Gasteiger partial charge in [-0.25, -0.2) is 0 Å². The Morgan fingerprint density at radius 3 is 2.55 bits per heavy atom. The van der Waals surface area contributed by atoms with Gasteiger partial charge in [-0.3, -0.25) is 9.00 Å². The molecule has 2 rings (SSSR count). The summed E-state index contributed by atoms with van der Waals surface area (Å²) in [6, 6.07) is 5.32. The van der Waals surface area contributed by atoms with Crippen LogP contribution in [0.3, 0.4) is 0 Å². The van der Waals surface area contributed by atoms with Crippen LogP contribution in [-0.4, -0.2) is 51.1 Å². The van der Waals surface area contributed by atoms with Gasteiger partial charge in [0, 0.05) is 21.8 Å². The van der Waals surface area contributed by atoms with E-state index in [1.54, 1.807) is 11.8 Å². The molecular weight excluding hydrogens is 434 g/mol. The number of nitrogens with two attached hydrogens (primary N) is 1. The number of aliphatic carboxylic acids is 1. The number of thioether (sulfide) groups is 1. The van der Waals surface area contributed by atoms with Gasteiger partial charge in [0.15, 0.2) is 11.5 Å². The van der Waals surface area contributed by atoms with Gasteiger partial charge >= 0.3 is 5.97 Å². The summed E-state index contributed by atoms with van der Waals surface area (Å²) in [6.07, 6.45) is 10.8. The Morgan fingerprint density at radius 2 is 1.87 bits per heavy atom. The third-order valence-corrected chi connectivity index (χ3v) is 7.46. The number of hydrogen-bond acceptors (Lipinski definition) is 6. The number of carboxylic acids is 1. The van der Waals surface area contributed by atoms with Crippen LogP contribution in [0.4, 0.5) is 0 Å². The van der Waals surface area contributed by atoms with E-state index in [1.165, 1.54) is 37.7 Å². The maximum Gasteiger partial charge on any atom is 0.320 e. The molecule has 0 saturated heterocycles. The predicted molar refractivity (Wildman–Crippen MR) is 131 cm³/mol. The van der Waals surface area contributed by atoms with Gasteiger partial charge < -0.3 is 20.3 Å². The predicted octanol–water partition coefficient (Wildman–Crippen LogP) is 4.61. The second-order valence-electron chi connectivity index (χ2n) is 7.78. The van der Waals surface area contributed by atoms with Crippen LogP contribution in [0.2, 0.25) is 0 Å². The van der Waals surface area contributed by atoms with Gasteiger partial charge in [0.2, 0.25) is 6.79 Å². The number of rotatable bonds is 14. The van der Waals surface area contributed by atoms with Crippen LogP contribution in [0.1, 0.15) is 64.4 Å². The molecule has 0 spiro atoms. The average Bonchev–Trinajstić information content (AvgIpc) is 3.22. The molecule has 0 radical (unpaired) electrons. The molecule has 0 bridgehead atoms. The van der Waals surface area contributed by atoms with Crippen molar-refractivity contribution in [2.75, 3.05) is 24.6 Å². The normalized spacial score (nSPS) is 15.0. The maximum absolute atomic E-state index is 12.3. The molecule has 1 aliphatic rings. The molecule has 6 nitrogen and oxygen atoms in total. The van der Waals surface area contributed by atoms with Crippen molar-refractivity contribution < 1.29 is 23.6 Å². The summed E-state index contributed by atoms with van der Waals surface area (Å²) in [4.78, 5) is 10.1. The summed E-state index contributed by atoms with van der Waals surface area (Å²) in [5.41, 5.74) is 6.36. The van der Waals surface area contributed by atoms with E-state index in [9.17, 15) is 9.00 Å². The Hall–Kier alpha value is -1.25. The smallest absolute Gasteiger partial charge is 0.320 e. The fraction of sp³-hybridized carbons (Fsp3) is 0.696. The van der Waals surface area contributed by atoms with E-state index < -0.39 is 22.8 Å². The monoisotopic (exact) mass is 473 g/mol. The maximum atomic E-state index is 12.3. The van der Waals surface area contributed by atoms with E-state index >= 15 is 0 Å². The zero-order valence-electron chi connectivity index (χ0n) is 19.1. The summed E-state index contributed by atoms with van der Waals surface area (Å²) in [5.74, 6) is 2.35. The van der Waals surface area contributed by atoms with Gasteiger partial charge in [0.1, 0.15) is 6.04 Å². The molecule has 1 aromatic rings. The van der Waals surface area contributed by atoms with E-state index in [4.69, 9.17) is 20.3 Å². The molecule has 0 aliphatic carbocycles. The topological polar surface area (TPSA) is 98.9 Å². The molecule has 8 heteroatoms. The first-order valence-electron chi connectivity index (χ1n) is 11.1. The first-order chi connectivity index (χ1) is 14.9. The summed E-state index contributed by atoms with van der Waals surface area (Å²) in [7, 11) is -0.743. The van der Waals surface area contributed by atoms with Crippen molar-refractivity contribution in [1.82, 2.24) is 0 Å². The van der Waals surface area contributed by atoms with Crippen LogP contribution < -0.4 is 15.2 Å². The zero-order chi connectivity index (χ0) is 23.1. The molecule has 0 fully saturated rings. The summed E-state index contributed by atoms with van der Waals surface area (Å²) >= 11 is 1.60. The summed E-state index contributed by atoms with van der Waals surface area (Å²) in [6.45, 7) is 4.61.